The summed E-state index contributed by atoms with van der Waals surface area (Å²) in [5, 5.41) is 11.5. The summed E-state index contributed by atoms with van der Waals surface area (Å²) in [6.07, 6.45) is -3.81. The number of aromatic nitrogens is 3. The molecule has 2 aromatic heterocycles. The summed E-state index contributed by atoms with van der Waals surface area (Å²) in [4.78, 5) is 34.0. The topological polar surface area (TPSA) is 106 Å². The first kappa shape index (κ1) is 25.5. The van der Waals surface area contributed by atoms with Crippen LogP contribution in [0, 0.1) is 0 Å². The molecule has 0 saturated carbocycles. The van der Waals surface area contributed by atoms with Gasteiger partial charge in [-0.2, -0.15) is 0 Å². The smallest absolute Gasteiger partial charge is 0.504 e. The molecule has 0 atom stereocenters. The van der Waals surface area contributed by atoms with E-state index >= 15 is 0 Å². The fourth-order valence-electron chi connectivity index (χ4n) is 3.27. The molecule has 0 bridgehead atoms. The molecule has 2 N–H and O–H groups in total. The summed E-state index contributed by atoms with van der Waals surface area (Å²) in [6, 6.07) is 9.14. The molecule has 2 heterocycles. The van der Waals surface area contributed by atoms with E-state index < -0.39 is 34.5 Å². The molecule has 0 saturated heterocycles. The summed E-state index contributed by atoms with van der Waals surface area (Å²) in [7, 11) is 0. The van der Waals surface area contributed by atoms with Crippen LogP contribution in [0.15, 0.2) is 53.6 Å². The zero-order chi connectivity index (χ0) is 26.2. The second-order valence-electron chi connectivity index (χ2n) is 7.23. The number of hydrogen-bond donors (Lipinski definition) is 2. The maximum Gasteiger partial charge on any atom is 0.573 e. The number of para-hydroxylation sites is 1. The maximum absolute atomic E-state index is 13.3. The number of carbonyl (C=O) groups excluding carboxylic acids is 1. The second kappa shape index (κ2) is 9.84. The third kappa shape index (κ3) is 5.32. The molecule has 0 aliphatic heterocycles. The molecule has 186 valence electrons. The predicted molar refractivity (Wildman–Crippen MR) is 127 cm³/mol. The first-order chi connectivity index (χ1) is 16.9. The number of ether oxygens (including phenoxy) is 1. The molecule has 0 aliphatic carbocycles. The van der Waals surface area contributed by atoms with Gasteiger partial charge >= 0.3 is 6.36 Å². The highest BCUT2D eigenvalue weighted by Gasteiger charge is 2.32. The molecule has 8 nitrogen and oxygen atoms in total. The quantitative estimate of drug-likeness (QED) is 0.306. The van der Waals surface area contributed by atoms with E-state index in [1.165, 1.54) is 30.3 Å². The van der Waals surface area contributed by atoms with Crippen molar-refractivity contribution < 1.29 is 27.8 Å². The maximum atomic E-state index is 13.3. The summed E-state index contributed by atoms with van der Waals surface area (Å²) >= 11 is 17.8. The number of carbonyl (C=O) groups is 1. The van der Waals surface area contributed by atoms with E-state index in [4.69, 9.17) is 34.8 Å². The largest absolute Gasteiger partial charge is 0.573 e. The Bertz CT molecular complexity index is 1540. The van der Waals surface area contributed by atoms with Crippen molar-refractivity contribution >= 4 is 57.3 Å². The molecule has 0 aliphatic rings. The minimum absolute atomic E-state index is 0.00630. The Morgan fingerprint density at radius 3 is 2.53 bits per heavy atom. The number of nitrogens with one attached hydrogen (secondary N) is 1. The molecule has 0 unspecified atom stereocenters. The Kier molecular flexibility index (Phi) is 6.98. The van der Waals surface area contributed by atoms with Crippen molar-refractivity contribution in [1.82, 2.24) is 14.5 Å². The van der Waals surface area contributed by atoms with E-state index in [-0.39, 0.29) is 44.4 Å². The van der Waals surface area contributed by atoms with Gasteiger partial charge in [0.2, 0.25) is 0 Å². The van der Waals surface area contributed by atoms with Crippen molar-refractivity contribution in [1.29, 1.82) is 0 Å². The number of benzene rings is 2. The first-order valence-corrected chi connectivity index (χ1v) is 11.0. The predicted octanol–water partition coefficient (Wildman–Crippen LogP) is 5.66. The summed E-state index contributed by atoms with van der Waals surface area (Å²) in [6.45, 7) is -0.321. The van der Waals surface area contributed by atoms with Crippen LogP contribution in [0.3, 0.4) is 0 Å². The lowest BCUT2D eigenvalue weighted by Crippen LogP contribution is -2.24. The van der Waals surface area contributed by atoms with Crippen molar-refractivity contribution in [2.45, 2.75) is 12.9 Å². The van der Waals surface area contributed by atoms with Crippen molar-refractivity contribution in [2.75, 3.05) is 5.32 Å². The van der Waals surface area contributed by atoms with Crippen molar-refractivity contribution in [2.24, 2.45) is 0 Å². The molecule has 4 rings (SSSR count). The number of fused-ring (bicyclic) bond motifs is 1. The van der Waals surface area contributed by atoms with E-state index in [1.54, 1.807) is 0 Å². The Morgan fingerprint density at radius 1 is 1.11 bits per heavy atom. The number of halogens is 6. The number of anilines is 1. The van der Waals surface area contributed by atoms with E-state index in [0.717, 1.165) is 23.0 Å². The molecular weight excluding hydrogens is 548 g/mol. The molecule has 36 heavy (non-hydrogen) atoms. The molecule has 0 fully saturated rings. The van der Waals surface area contributed by atoms with E-state index in [0.29, 0.717) is 0 Å². The highest BCUT2D eigenvalue weighted by Crippen LogP contribution is 2.31. The lowest BCUT2D eigenvalue weighted by atomic mass is 10.1. The third-order valence-electron chi connectivity index (χ3n) is 4.85. The van der Waals surface area contributed by atoms with Crippen LogP contribution in [-0.4, -0.2) is 31.9 Å². The number of amides is 1. The van der Waals surface area contributed by atoms with E-state index in [2.05, 4.69) is 20.0 Å². The van der Waals surface area contributed by atoms with Gasteiger partial charge in [0.15, 0.2) is 10.9 Å². The van der Waals surface area contributed by atoms with Crippen LogP contribution in [-0.2, 0) is 6.54 Å². The average Bonchev–Trinajstić information content (AvgIpc) is 2.80. The number of alkyl halides is 3. The molecular formula is C22H12Cl3F3N4O4. The van der Waals surface area contributed by atoms with Crippen LogP contribution in [0.25, 0.3) is 10.9 Å². The highest BCUT2D eigenvalue weighted by atomic mass is 35.5. The van der Waals surface area contributed by atoms with Crippen LogP contribution >= 0.6 is 34.8 Å². The zero-order valence-electron chi connectivity index (χ0n) is 17.6. The fourth-order valence-corrected chi connectivity index (χ4v) is 3.91. The van der Waals surface area contributed by atoms with Crippen molar-refractivity contribution in [3.05, 3.63) is 85.6 Å². The molecule has 0 spiro atoms. The van der Waals surface area contributed by atoms with Crippen LogP contribution < -0.4 is 15.6 Å². The summed E-state index contributed by atoms with van der Waals surface area (Å²) in [5.41, 5.74) is -0.857. The fraction of sp³-hybridized carbons (Fsp3) is 0.0909. The summed E-state index contributed by atoms with van der Waals surface area (Å²) in [5.74, 6) is -1.81. The Balaban J connectivity index is 1.75. The molecule has 14 heteroatoms. The summed E-state index contributed by atoms with van der Waals surface area (Å²) < 4.78 is 43.4. The molecule has 0 radical (unpaired) electrons. The van der Waals surface area contributed by atoms with Gasteiger partial charge in [0.1, 0.15) is 11.4 Å². The minimum Gasteiger partial charge on any atom is -0.504 e. The number of aromatic hydroxyl groups is 1. The minimum atomic E-state index is -4.93. The van der Waals surface area contributed by atoms with E-state index in [9.17, 15) is 27.9 Å². The third-order valence-corrected chi connectivity index (χ3v) is 5.71. The second-order valence-corrected chi connectivity index (χ2v) is 8.41. The molecule has 4 aromatic rings. The number of hydrogen-bond acceptors (Lipinski definition) is 6. The van der Waals surface area contributed by atoms with Crippen LogP contribution in [0.5, 0.6) is 11.5 Å². The monoisotopic (exact) mass is 558 g/mol. The van der Waals surface area contributed by atoms with Crippen LogP contribution in [0.2, 0.25) is 15.2 Å². The normalized spacial score (nSPS) is 11.5. The Morgan fingerprint density at radius 2 is 1.83 bits per heavy atom. The Labute approximate surface area is 214 Å². The lowest BCUT2D eigenvalue weighted by Gasteiger charge is -2.15. The number of nitrogens with zero attached hydrogens (tertiary/aromatic N) is 3. The number of pyridine rings is 1. The van der Waals surface area contributed by atoms with Crippen molar-refractivity contribution in [3.63, 3.8) is 0 Å². The average molecular weight is 560 g/mol. The zero-order valence-corrected chi connectivity index (χ0v) is 19.9. The Hall–Kier alpha value is -3.54. The van der Waals surface area contributed by atoms with Gasteiger partial charge < -0.3 is 15.2 Å². The van der Waals surface area contributed by atoms with Crippen LogP contribution in [0.4, 0.5) is 18.9 Å². The molecule has 2 aromatic carbocycles. The van der Waals surface area contributed by atoms with Gasteiger partial charge in [-0.25, -0.2) is 9.97 Å². The van der Waals surface area contributed by atoms with Gasteiger partial charge in [0.25, 0.3) is 11.5 Å². The van der Waals surface area contributed by atoms with Crippen molar-refractivity contribution in [3.8, 4) is 11.5 Å². The highest BCUT2D eigenvalue weighted by molar-refractivity contribution is 6.37. The van der Waals surface area contributed by atoms with Crippen LogP contribution in [0.1, 0.15) is 16.1 Å². The van der Waals surface area contributed by atoms with Gasteiger partial charge in [-0.15, -0.1) is 13.2 Å². The lowest BCUT2D eigenvalue weighted by molar-refractivity contribution is -0.274. The first-order valence-electron chi connectivity index (χ1n) is 9.82. The molecule has 1 amide bonds. The van der Waals surface area contributed by atoms with Gasteiger partial charge in [-0.3, -0.25) is 14.2 Å². The standard InChI is InChI=1S/C22H12Cl3F3N4O4/c23-11-5-6-13(31-20(34)14-7-12(24)18(33)19(25)30-14)16-17(11)29-9-32(21(16)35)8-10-3-1-2-4-15(10)36-22(26,27)28/h1-7,9,33H,8H2,(H,31,34). The van der Waals surface area contributed by atoms with Gasteiger partial charge in [0, 0.05) is 5.56 Å². The van der Waals surface area contributed by atoms with E-state index in [1.807, 2.05) is 0 Å². The van der Waals surface area contributed by atoms with Gasteiger partial charge in [-0.1, -0.05) is 53.0 Å². The van der Waals surface area contributed by atoms with Gasteiger partial charge in [0.05, 0.1) is 39.5 Å². The SMILES string of the molecule is O=C(Nc1ccc(Cl)c2ncn(Cc3ccccc3OC(F)(F)F)c(=O)c12)c1cc(Cl)c(O)c(Cl)n1. The number of rotatable bonds is 5. The van der Waals surface area contributed by atoms with Gasteiger partial charge in [-0.05, 0) is 24.3 Å².